The molecule has 11 heteroatoms. The van der Waals surface area contributed by atoms with E-state index in [1.165, 1.54) is 6.20 Å². The molecule has 4 aromatic rings. The van der Waals surface area contributed by atoms with Crippen LogP contribution in [0.15, 0.2) is 72.9 Å². The second-order valence-corrected chi connectivity index (χ2v) is 12.2. The molecule has 0 spiro atoms. The van der Waals surface area contributed by atoms with Gasteiger partial charge in [-0.1, -0.05) is 49.7 Å². The van der Waals surface area contributed by atoms with Gasteiger partial charge in [0.25, 0.3) is 0 Å². The Morgan fingerprint density at radius 2 is 1.68 bits per heavy atom. The molecule has 0 aliphatic carbocycles. The summed E-state index contributed by atoms with van der Waals surface area (Å²) in [6.07, 6.45) is 2.61. The van der Waals surface area contributed by atoms with E-state index < -0.39 is 15.4 Å². The van der Waals surface area contributed by atoms with Crippen molar-refractivity contribution in [2.24, 2.45) is 0 Å². The zero-order valence-corrected chi connectivity index (χ0v) is 24.6. The first kappa shape index (κ1) is 29.6. The zero-order valence-electron chi connectivity index (χ0n) is 23.0. The third-order valence-corrected chi connectivity index (χ3v) is 8.06. The van der Waals surface area contributed by atoms with Crippen molar-refractivity contribution in [1.82, 2.24) is 9.97 Å². The number of nitriles is 1. The zero-order chi connectivity index (χ0) is 29.8. The average Bonchev–Trinajstić information content (AvgIpc) is 2.96. The number of methoxy groups -OCH3 is 1. The summed E-state index contributed by atoms with van der Waals surface area (Å²) in [4.78, 5) is 8.63. The van der Waals surface area contributed by atoms with E-state index in [0.717, 1.165) is 27.3 Å². The summed E-state index contributed by atoms with van der Waals surface area (Å²) in [6, 6.07) is 21.5. The number of sulfonamides is 1. The maximum Gasteiger partial charge on any atom is 0.239 e. The van der Waals surface area contributed by atoms with Gasteiger partial charge < -0.3 is 14.6 Å². The van der Waals surface area contributed by atoms with Gasteiger partial charge in [-0.2, -0.15) is 5.26 Å². The van der Waals surface area contributed by atoms with Crippen LogP contribution in [0.2, 0.25) is 5.02 Å². The Morgan fingerprint density at radius 3 is 2.29 bits per heavy atom. The molecule has 0 aliphatic rings. The second-order valence-electron chi connectivity index (χ2n) is 9.87. The summed E-state index contributed by atoms with van der Waals surface area (Å²) in [5.41, 5.74) is 2.59. The Kier molecular flexibility index (Phi) is 8.71. The second kappa shape index (κ2) is 12.0. The van der Waals surface area contributed by atoms with Crippen LogP contribution in [0.4, 0.5) is 5.95 Å². The molecule has 0 saturated carbocycles. The molecule has 4 rings (SSSR count). The highest BCUT2D eigenvalue weighted by Crippen LogP contribution is 2.38. The van der Waals surface area contributed by atoms with Gasteiger partial charge in [0.2, 0.25) is 16.0 Å². The first-order valence-corrected chi connectivity index (χ1v) is 14.7. The predicted octanol–water partition coefficient (Wildman–Crippen LogP) is 5.59. The Bertz CT molecular complexity index is 1690. The molecular weight excluding hydrogens is 564 g/mol. The molecule has 0 saturated heterocycles. The number of aromatic hydroxyl groups is 1. The van der Waals surface area contributed by atoms with E-state index in [-0.39, 0.29) is 35.4 Å². The Morgan fingerprint density at radius 1 is 1.02 bits per heavy atom. The van der Waals surface area contributed by atoms with Crippen LogP contribution < -0.4 is 13.8 Å². The van der Waals surface area contributed by atoms with Gasteiger partial charge in [-0.05, 0) is 59.2 Å². The lowest BCUT2D eigenvalue weighted by atomic mass is 9.77. The molecule has 0 amide bonds. The Labute approximate surface area is 244 Å². The minimum absolute atomic E-state index is 0.0470. The number of rotatable bonds is 10. The molecule has 0 aliphatic heterocycles. The van der Waals surface area contributed by atoms with Gasteiger partial charge in [0, 0.05) is 11.6 Å². The van der Waals surface area contributed by atoms with E-state index >= 15 is 0 Å². The number of anilines is 1. The quantitative estimate of drug-likeness (QED) is 0.253. The van der Waals surface area contributed by atoms with Crippen molar-refractivity contribution in [2.45, 2.75) is 32.4 Å². The highest BCUT2D eigenvalue weighted by atomic mass is 35.5. The fourth-order valence-electron chi connectivity index (χ4n) is 4.16. The summed E-state index contributed by atoms with van der Waals surface area (Å²) < 4.78 is 37.4. The minimum Gasteiger partial charge on any atom is -0.505 e. The molecule has 3 aromatic carbocycles. The number of phenolic OH excluding ortho intramolecular Hbond substituents is 1. The highest BCUT2D eigenvalue weighted by molar-refractivity contribution is 7.92. The lowest BCUT2D eigenvalue weighted by molar-refractivity contribution is 0.301. The molecule has 0 unspecified atom stereocenters. The molecule has 0 bridgehead atoms. The maximum atomic E-state index is 12.6. The van der Waals surface area contributed by atoms with E-state index in [0.29, 0.717) is 17.2 Å². The van der Waals surface area contributed by atoms with Crippen LogP contribution in [-0.4, -0.2) is 36.9 Å². The number of hydrogen-bond acceptors (Lipinski definition) is 8. The normalized spacial score (nSPS) is 11.5. The van der Waals surface area contributed by atoms with Crippen molar-refractivity contribution >= 4 is 27.6 Å². The summed E-state index contributed by atoms with van der Waals surface area (Å²) in [6.45, 7) is 4.15. The van der Waals surface area contributed by atoms with Crippen molar-refractivity contribution in [3.8, 4) is 23.3 Å². The van der Waals surface area contributed by atoms with Gasteiger partial charge in [-0.15, -0.1) is 0 Å². The molecule has 1 aromatic heterocycles. The smallest absolute Gasteiger partial charge is 0.239 e. The minimum atomic E-state index is -3.67. The number of benzene rings is 3. The predicted molar refractivity (Wildman–Crippen MR) is 157 cm³/mol. The summed E-state index contributed by atoms with van der Waals surface area (Å²) in [7, 11) is -2.11. The van der Waals surface area contributed by atoms with Crippen molar-refractivity contribution in [3.05, 3.63) is 106 Å². The van der Waals surface area contributed by atoms with Crippen molar-refractivity contribution in [2.75, 3.05) is 17.7 Å². The van der Waals surface area contributed by atoms with E-state index in [9.17, 15) is 18.8 Å². The molecule has 1 heterocycles. The van der Waals surface area contributed by atoms with Crippen LogP contribution in [0.3, 0.4) is 0 Å². The number of phenols is 1. The van der Waals surface area contributed by atoms with Crippen LogP contribution in [0, 0.1) is 11.3 Å². The van der Waals surface area contributed by atoms with Crippen LogP contribution >= 0.6 is 11.6 Å². The van der Waals surface area contributed by atoms with E-state index in [4.69, 9.17) is 21.1 Å². The van der Waals surface area contributed by atoms with Gasteiger partial charge in [-0.3, -0.25) is 0 Å². The SMILES string of the molecule is COc1ccc(CN(c2nccc(COc3ccc(C(C)(C)c4cc(Cl)c(O)c(C#N)c4)cc3)n2)S(C)(=O)=O)cc1. The summed E-state index contributed by atoms with van der Waals surface area (Å²) in [5.74, 6) is 1.07. The molecule has 0 radical (unpaired) electrons. The van der Waals surface area contributed by atoms with Crippen LogP contribution in [0.5, 0.6) is 17.2 Å². The third kappa shape index (κ3) is 6.88. The number of halogens is 1. The topological polar surface area (TPSA) is 126 Å². The fourth-order valence-corrected chi connectivity index (χ4v) is 5.14. The number of hydrogen-bond donors (Lipinski definition) is 1. The van der Waals surface area contributed by atoms with Crippen LogP contribution in [0.25, 0.3) is 0 Å². The van der Waals surface area contributed by atoms with Gasteiger partial charge >= 0.3 is 0 Å². The summed E-state index contributed by atoms with van der Waals surface area (Å²) >= 11 is 6.15. The van der Waals surface area contributed by atoms with Gasteiger partial charge in [0.15, 0.2) is 5.75 Å². The first-order chi connectivity index (χ1) is 19.4. The molecule has 1 N–H and O–H groups in total. The Hall–Kier alpha value is -4.33. The first-order valence-electron chi connectivity index (χ1n) is 12.5. The standard InChI is InChI=1S/C30H29ClN4O5S/c1-30(2,23-15-21(17-32)28(36)27(31)16-23)22-7-11-26(12-8-22)40-19-24-13-14-33-29(34-24)35(41(4,37)38)18-20-5-9-25(39-3)10-6-20/h5-16,36H,18-19H2,1-4H3. The van der Waals surface area contributed by atoms with E-state index in [1.807, 2.05) is 44.2 Å². The molecular formula is C30H29ClN4O5S. The Balaban J connectivity index is 1.49. The monoisotopic (exact) mass is 592 g/mol. The number of ether oxygens (including phenoxy) is 2. The fraction of sp³-hybridized carbons (Fsp3) is 0.233. The number of nitrogens with zero attached hydrogens (tertiary/aromatic N) is 4. The largest absolute Gasteiger partial charge is 0.505 e. The molecule has 0 fully saturated rings. The molecule has 9 nitrogen and oxygen atoms in total. The van der Waals surface area contributed by atoms with Crippen LogP contribution in [0.1, 0.15) is 41.8 Å². The lowest BCUT2D eigenvalue weighted by Crippen LogP contribution is -2.31. The summed E-state index contributed by atoms with van der Waals surface area (Å²) in [5, 5.41) is 19.5. The number of aromatic nitrogens is 2. The molecule has 41 heavy (non-hydrogen) atoms. The highest BCUT2D eigenvalue weighted by Gasteiger charge is 2.26. The van der Waals surface area contributed by atoms with Crippen molar-refractivity contribution < 1.29 is 23.0 Å². The molecule has 212 valence electrons. The van der Waals surface area contributed by atoms with Gasteiger partial charge in [0.05, 0.1) is 36.2 Å². The lowest BCUT2D eigenvalue weighted by Gasteiger charge is -2.27. The van der Waals surface area contributed by atoms with Crippen molar-refractivity contribution in [3.63, 3.8) is 0 Å². The average molecular weight is 593 g/mol. The van der Waals surface area contributed by atoms with E-state index in [2.05, 4.69) is 9.97 Å². The maximum absolute atomic E-state index is 12.6. The van der Waals surface area contributed by atoms with Crippen molar-refractivity contribution in [1.29, 1.82) is 5.26 Å². The van der Waals surface area contributed by atoms with Gasteiger partial charge in [0.1, 0.15) is 24.2 Å². The molecule has 0 atom stereocenters. The van der Waals surface area contributed by atoms with Crippen LogP contribution in [-0.2, 0) is 28.6 Å². The van der Waals surface area contributed by atoms with Gasteiger partial charge in [-0.25, -0.2) is 22.7 Å². The third-order valence-electron chi connectivity index (χ3n) is 6.68. The van der Waals surface area contributed by atoms with E-state index in [1.54, 1.807) is 49.6 Å².